The van der Waals surface area contributed by atoms with E-state index in [2.05, 4.69) is 130 Å². The number of allylic oxidation sites excluding steroid dienone is 5. The first kappa shape index (κ1) is 30.3. The zero-order valence-corrected chi connectivity index (χ0v) is 29.4. The molecule has 1 aliphatic heterocycles. The lowest BCUT2D eigenvalue weighted by Crippen LogP contribution is -2.49. The lowest BCUT2D eigenvalue weighted by atomic mass is 9.61. The Labute approximate surface area is 299 Å². The van der Waals surface area contributed by atoms with Crippen LogP contribution in [0.2, 0.25) is 0 Å². The van der Waals surface area contributed by atoms with Gasteiger partial charge < -0.3 is 4.90 Å². The van der Waals surface area contributed by atoms with Gasteiger partial charge in [0.25, 0.3) is 0 Å². The van der Waals surface area contributed by atoms with Gasteiger partial charge in [-0.3, -0.25) is 9.59 Å². The Balaban J connectivity index is 1.06. The maximum absolute atomic E-state index is 13.6. The molecule has 10 rings (SSSR count). The summed E-state index contributed by atoms with van der Waals surface area (Å²) in [6.07, 6.45) is 15.6. The molecule has 4 unspecified atom stereocenters. The van der Waals surface area contributed by atoms with Crippen LogP contribution >= 0.6 is 0 Å². The van der Waals surface area contributed by atoms with Crippen LogP contribution in [0.4, 0.5) is 11.4 Å². The molecule has 0 spiro atoms. The van der Waals surface area contributed by atoms with Crippen LogP contribution in [0, 0.1) is 5.92 Å². The molecule has 0 saturated carbocycles. The zero-order chi connectivity index (χ0) is 34.8. The summed E-state index contributed by atoms with van der Waals surface area (Å²) in [6, 6.07) is 34.3. The summed E-state index contributed by atoms with van der Waals surface area (Å²) in [5.74, 6) is 0.665. The topological polar surface area (TPSA) is 37.4 Å². The van der Waals surface area contributed by atoms with Gasteiger partial charge in [-0.1, -0.05) is 125 Å². The van der Waals surface area contributed by atoms with Crippen LogP contribution < -0.4 is 4.90 Å². The van der Waals surface area contributed by atoms with Crippen molar-refractivity contribution in [2.75, 3.05) is 4.90 Å². The predicted octanol–water partition coefficient (Wildman–Crippen LogP) is 11.0. The SMILES string of the molecule is CC1(C)c2cc(N3c4ccccc4C(C)(C)C4c5ccc(C=C6C(=O)c7cc8ccccc8cc7C6=O)cc5C=CC43)ccc2C2C=CC=CC21. The van der Waals surface area contributed by atoms with Gasteiger partial charge in [0.15, 0.2) is 11.6 Å². The largest absolute Gasteiger partial charge is 0.334 e. The molecular formula is C48H39NO2. The molecule has 51 heavy (non-hydrogen) atoms. The van der Waals surface area contributed by atoms with E-state index in [9.17, 15) is 9.59 Å². The molecule has 1 heterocycles. The van der Waals surface area contributed by atoms with Crippen LogP contribution in [0.25, 0.3) is 22.9 Å². The van der Waals surface area contributed by atoms with Gasteiger partial charge in [0, 0.05) is 39.8 Å². The Morgan fingerprint density at radius 2 is 1.33 bits per heavy atom. The van der Waals surface area contributed by atoms with E-state index >= 15 is 0 Å². The number of Topliss-reactive ketones (excluding diaryl/α,β-unsaturated/α-hetero) is 2. The molecule has 4 atom stereocenters. The fourth-order valence-corrected chi connectivity index (χ4v) is 10.1. The molecule has 3 heteroatoms. The highest BCUT2D eigenvalue weighted by atomic mass is 16.2. The zero-order valence-electron chi connectivity index (χ0n) is 29.4. The van der Waals surface area contributed by atoms with Crippen LogP contribution in [-0.2, 0) is 10.8 Å². The average Bonchev–Trinajstić information content (AvgIpc) is 3.51. The number of para-hydroxylation sites is 1. The summed E-state index contributed by atoms with van der Waals surface area (Å²) in [5, 5.41) is 1.93. The summed E-state index contributed by atoms with van der Waals surface area (Å²) in [6.45, 7) is 9.56. The van der Waals surface area contributed by atoms with Crippen molar-refractivity contribution in [1.82, 2.24) is 0 Å². The molecule has 0 bridgehead atoms. The highest BCUT2D eigenvalue weighted by Gasteiger charge is 2.49. The number of carbonyl (C=O) groups is 2. The lowest BCUT2D eigenvalue weighted by molar-refractivity contribution is 0.0990. The van der Waals surface area contributed by atoms with Gasteiger partial charge in [0.05, 0.1) is 11.6 Å². The quantitative estimate of drug-likeness (QED) is 0.140. The predicted molar refractivity (Wildman–Crippen MR) is 208 cm³/mol. The smallest absolute Gasteiger partial charge is 0.197 e. The molecule has 0 aromatic heterocycles. The van der Waals surface area contributed by atoms with Crippen molar-refractivity contribution in [1.29, 1.82) is 0 Å². The summed E-state index contributed by atoms with van der Waals surface area (Å²) >= 11 is 0. The van der Waals surface area contributed by atoms with Gasteiger partial charge in [-0.25, -0.2) is 0 Å². The van der Waals surface area contributed by atoms with Crippen LogP contribution in [-0.4, -0.2) is 17.6 Å². The van der Waals surface area contributed by atoms with Gasteiger partial charge in [-0.2, -0.15) is 0 Å². The van der Waals surface area contributed by atoms with E-state index in [0.29, 0.717) is 23.0 Å². The fraction of sp³-hybridized carbons (Fsp3) is 0.208. The van der Waals surface area contributed by atoms with E-state index in [0.717, 1.165) is 21.9 Å². The number of nitrogens with zero attached hydrogens (tertiary/aromatic N) is 1. The van der Waals surface area contributed by atoms with Gasteiger partial charge in [-0.05, 0) is 98.0 Å². The standard InChI is InChI=1S/C48H39NO2/c1-47(2)39-14-8-7-13-34(39)35-21-19-32(27-41(35)47)49-42-16-10-9-15-40(42)48(3,4)44-33-20-17-28(23-31(33)18-22-43(44)49)24-38-45(50)36-25-29-11-5-6-12-30(29)26-37(36)46(38)51/h5-27,34,39,43-44H,1-4H3. The molecule has 0 N–H and O–H groups in total. The number of rotatable bonds is 2. The molecule has 248 valence electrons. The summed E-state index contributed by atoms with van der Waals surface area (Å²) < 4.78 is 0. The van der Waals surface area contributed by atoms with Crippen molar-refractivity contribution in [2.45, 2.75) is 56.4 Å². The van der Waals surface area contributed by atoms with Crippen LogP contribution in [0.3, 0.4) is 0 Å². The number of anilines is 2. The van der Waals surface area contributed by atoms with E-state index in [1.54, 1.807) is 6.08 Å². The third-order valence-electron chi connectivity index (χ3n) is 12.7. The van der Waals surface area contributed by atoms with Crippen LogP contribution in [0.15, 0.2) is 133 Å². The second-order valence-corrected chi connectivity index (χ2v) is 16.1. The second kappa shape index (κ2) is 10.5. The van der Waals surface area contributed by atoms with Crippen molar-refractivity contribution >= 4 is 45.9 Å². The van der Waals surface area contributed by atoms with Gasteiger partial charge in [-0.15, -0.1) is 0 Å². The minimum absolute atomic E-state index is 0.0298. The molecule has 5 aromatic carbocycles. The normalized spacial score (nSPS) is 24.2. The Hall–Kier alpha value is -5.54. The third kappa shape index (κ3) is 4.18. The van der Waals surface area contributed by atoms with Gasteiger partial charge in [0.1, 0.15) is 0 Å². The maximum atomic E-state index is 13.6. The molecule has 5 aromatic rings. The number of hydrogen-bond donors (Lipinski definition) is 0. The summed E-state index contributed by atoms with van der Waals surface area (Å²) in [4.78, 5) is 29.7. The first-order chi connectivity index (χ1) is 24.6. The summed E-state index contributed by atoms with van der Waals surface area (Å²) in [7, 11) is 0. The first-order valence-corrected chi connectivity index (χ1v) is 18.2. The highest BCUT2D eigenvalue weighted by molar-refractivity contribution is 6.42. The van der Waals surface area contributed by atoms with Crippen molar-refractivity contribution in [3.05, 3.63) is 178 Å². The van der Waals surface area contributed by atoms with E-state index in [4.69, 9.17) is 0 Å². The molecule has 3 nitrogen and oxygen atoms in total. The monoisotopic (exact) mass is 661 g/mol. The minimum Gasteiger partial charge on any atom is -0.334 e. The van der Waals surface area contributed by atoms with E-state index in [1.807, 2.05) is 36.4 Å². The number of fused-ring (bicyclic) bond motifs is 9. The Kier molecular flexibility index (Phi) is 6.23. The van der Waals surface area contributed by atoms with Gasteiger partial charge in [0.2, 0.25) is 0 Å². The summed E-state index contributed by atoms with van der Waals surface area (Å²) in [5.41, 5.74) is 11.1. The molecule has 0 saturated heterocycles. The first-order valence-electron chi connectivity index (χ1n) is 18.2. The van der Waals surface area contributed by atoms with Crippen molar-refractivity contribution in [2.24, 2.45) is 5.92 Å². The molecule has 4 aliphatic carbocycles. The van der Waals surface area contributed by atoms with E-state index in [-0.39, 0.29) is 39.9 Å². The van der Waals surface area contributed by atoms with Crippen molar-refractivity contribution < 1.29 is 9.59 Å². The fourth-order valence-electron chi connectivity index (χ4n) is 10.1. The minimum atomic E-state index is -0.196. The number of hydrogen-bond acceptors (Lipinski definition) is 3. The number of benzene rings is 5. The molecule has 5 aliphatic rings. The van der Waals surface area contributed by atoms with Gasteiger partial charge >= 0.3 is 0 Å². The van der Waals surface area contributed by atoms with Crippen molar-refractivity contribution in [3.8, 4) is 0 Å². The Morgan fingerprint density at radius 3 is 2.10 bits per heavy atom. The number of ketones is 2. The molecule has 0 amide bonds. The second-order valence-electron chi connectivity index (χ2n) is 16.1. The maximum Gasteiger partial charge on any atom is 0.197 e. The lowest BCUT2D eigenvalue weighted by Gasteiger charge is -2.52. The third-order valence-corrected chi connectivity index (χ3v) is 12.7. The number of carbonyl (C=O) groups excluding carboxylic acids is 2. The van der Waals surface area contributed by atoms with E-state index in [1.165, 1.54) is 33.6 Å². The molecule has 0 fully saturated rings. The Bertz CT molecular complexity index is 2450. The average molecular weight is 662 g/mol. The molecule has 0 radical (unpaired) electrons. The Morgan fingerprint density at radius 1 is 0.647 bits per heavy atom. The highest BCUT2D eigenvalue weighted by Crippen LogP contribution is 2.58. The van der Waals surface area contributed by atoms with Crippen molar-refractivity contribution in [3.63, 3.8) is 0 Å². The molecular weight excluding hydrogens is 623 g/mol. The van der Waals surface area contributed by atoms with E-state index < -0.39 is 0 Å². The van der Waals surface area contributed by atoms with Crippen LogP contribution in [0.5, 0.6) is 0 Å². The van der Waals surface area contributed by atoms with Crippen LogP contribution in [0.1, 0.15) is 93.6 Å².